The smallest absolute Gasteiger partial charge is 0.338 e. The van der Waals surface area contributed by atoms with E-state index in [1.165, 1.54) is 24.8 Å². The zero-order valence-corrected chi connectivity index (χ0v) is 16.3. The highest BCUT2D eigenvalue weighted by atomic mass is 28.3. The van der Waals surface area contributed by atoms with Gasteiger partial charge in [-0.15, -0.1) is 0 Å². The molecule has 0 amide bonds. The van der Waals surface area contributed by atoms with Gasteiger partial charge in [0.1, 0.15) is 0 Å². The van der Waals surface area contributed by atoms with Gasteiger partial charge in [0.2, 0.25) is 0 Å². The van der Waals surface area contributed by atoms with Gasteiger partial charge in [-0.05, 0) is 54.3 Å². The predicted molar refractivity (Wildman–Crippen MR) is 104 cm³/mol. The van der Waals surface area contributed by atoms with Gasteiger partial charge in [0.05, 0.1) is 20.2 Å². The van der Waals surface area contributed by atoms with Crippen molar-refractivity contribution in [2.45, 2.75) is 49.7 Å². The molecule has 0 aromatic heterocycles. The summed E-state index contributed by atoms with van der Waals surface area (Å²) in [6, 6.07) is 19.3. The topological polar surface area (TPSA) is 26.3 Å². The first-order valence-electron chi connectivity index (χ1n) is 9.26. The van der Waals surface area contributed by atoms with Crippen LogP contribution in [0.2, 0.25) is 18.1 Å². The van der Waals surface area contributed by atoms with Crippen molar-refractivity contribution in [1.29, 1.82) is 0 Å². The first-order chi connectivity index (χ1) is 11.9. The molecule has 3 fully saturated rings. The Morgan fingerprint density at radius 1 is 1.00 bits per heavy atom. The number of carbonyl (C=O) groups excluding carboxylic acids is 1. The highest BCUT2D eigenvalue weighted by Gasteiger charge is 2.73. The van der Waals surface area contributed by atoms with Gasteiger partial charge < -0.3 is 4.74 Å². The van der Waals surface area contributed by atoms with Crippen molar-refractivity contribution in [3.05, 3.63) is 65.7 Å². The van der Waals surface area contributed by atoms with Crippen LogP contribution in [-0.4, -0.2) is 20.7 Å². The number of carbonyl (C=O) groups is 1. The van der Waals surface area contributed by atoms with Crippen molar-refractivity contribution in [3.63, 3.8) is 0 Å². The standard InChI is InChI=1S/C22H26O2Si/c1-4-24-20(23)17-10-12-18(13-11-17)21-14-22(15-21,16-21)25(2,3)19-8-6-5-7-9-19/h5-13H,4,14-16H2,1-3H3. The molecule has 0 radical (unpaired) electrons. The molecule has 0 atom stereocenters. The Morgan fingerprint density at radius 3 is 2.16 bits per heavy atom. The summed E-state index contributed by atoms with van der Waals surface area (Å²) in [6.45, 7) is 7.34. The van der Waals surface area contributed by atoms with Crippen molar-refractivity contribution >= 4 is 19.2 Å². The van der Waals surface area contributed by atoms with E-state index < -0.39 is 8.07 Å². The summed E-state index contributed by atoms with van der Waals surface area (Å²) in [5.41, 5.74) is 2.43. The highest BCUT2D eigenvalue weighted by molar-refractivity contribution is 6.92. The Balaban J connectivity index is 1.49. The molecule has 2 aromatic carbocycles. The first kappa shape index (κ1) is 16.6. The first-order valence-corrected chi connectivity index (χ1v) is 12.3. The summed E-state index contributed by atoms with van der Waals surface area (Å²) in [5, 5.41) is 2.15. The number of rotatable bonds is 5. The molecular weight excluding hydrogens is 324 g/mol. The van der Waals surface area contributed by atoms with E-state index in [1.54, 1.807) is 5.19 Å². The quantitative estimate of drug-likeness (QED) is 0.579. The second-order valence-electron chi connectivity index (χ2n) is 8.38. The van der Waals surface area contributed by atoms with Gasteiger partial charge >= 0.3 is 5.97 Å². The van der Waals surface area contributed by atoms with Gasteiger partial charge in [0, 0.05) is 0 Å². The third-order valence-corrected chi connectivity index (χ3v) is 11.8. The molecule has 2 aromatic rings. The van der Waals surface area contributed by atoms with Crippen molar-refractivity contribution < 1.29 is 9.53 Å². The van der Waals surface area contributed by atoms with Crippen molar-refractivity contribution in [2.75, 3.05) is 6.61 Å². The summed E-state index contributed by atoms with van der Waals surface area (Å²) in [5.74, 6) is -0.222. The average molecular weight is 351 g/mol. The molecule has 25 heavy (non-hydrogen) atoms. The molecule has 0 aliphatic heterocycles. The van der Waals surface area contributed by atoms with Crippen LogP contribution in [0.1, 0.15) is 42.1 Å². The molecule has 3 aliphatic rings. The van der Waals surface area contributed by atoms with Crippen LogP contribution in [0.15, 0.2) is 54.6 Å². The minimum Gasteiger partial charge on any atom is -0.462 e. The molecule has 0 heterocycles. The van der Waals surface area contributed by atoms with Gasteiger partial charge in [0.25, 0.3) is 0 Å². The zero-order valence-electron chi connectivity index (χ0n) is 15.3. The normalized spacial score (nSPS) is 27.2. The van der Waals surface area contributed by atoms with Gasteiger partial charge in [-0.2, -0.15) is 0 Å². The maximum atomic E-state index is 11.8. The van der Waals surface area contributed by atoms with Crippen molar-refractivity contribution in [3.8, 4) is 0 Å². The van der Waals surface area contributed by atoms with Crippen molar-refractivity contribution in [1.82, 2.24) is 0 Å². The maximum Gasteiger partial charge on any atom is 0.338 e. The molecule has 2 nitrogen and oxygen atoms in total. The van der Waals surface area contributed by atoms with E-state index in [4.69, 9.17) is 4.74 Å². The summed E-state index contributed by atoms with van der Waals surface area (Å²) in [7, 11) is -1.45. The molecule has 0 unspecified atom stereocenters. The van der Waals surface area contributed by atoms with E-state index in [-0.39, 0.29) is 5.97 Å². The number of esters is 1. The van der Waals surface area contributed by atoms with Crippen LogP contribution in [0.25, 0.3) is 0 Å². The van der Waals surface area contributed by atoms with Gasteiger partial charge in [-0.1, -0.05) is 60.7 Å². The van der Waals surface area contributed by atoms with Crippen LogP contribution in [-0.2, 0) is 10.2 Å². The third-order valence-electron chi connectivity index (χ3n) is 6.86. The molecule has 3 heteroatoms. The SMILES string of the molecule is CCOC(=O)c1ccc(C23CC([Si](C)(C)c4ccccc4)(C2)C3)cc1. The summed E-state index contributed by atoms with van der Waals surface area (Å²) < 4.78 is 5.08. The Bertz CT molecular complexity index is 773. The molecule has 3 aliphatic carbocycles. The monoisotopic (exact) mass is 350 g/mol. The minimum absolute atomic E-state index is 0.222. The second kappa shape index (κ2) is 5.57. The lowest BCUT2D eigenvalue weighted by Crippen LogP contribution is -2.72. The molecule has 5 rings (SSSR count). The average Bonchev–Trinajstić information content (AvgIpc) is 2.54. The Kier molecular flexibility index (Phi) is 3.69. The van der Waals surface area contributed by atoms with Gasteiger partial charge in [-0.3, -0.25) is 0 Å². The fourth-order valence-electron chi connectivity index (χ4n) is 5.09. The molecular formula is C22H26O2Si. The fraction of sp³-hybridized carbons (Fsp3) is 0.409. The molecule has 0 saturated heterocycles. The summed E-state index contributed by atoms with van der Waals surface area (Å²) >= 11 is 0. The van der Waals surface area contributed by atoms with E-state index in [2.05, 4.69) is 55.6 Å². The van der Waals surface area contributed by atoms with Crippen LogP contribution < -0.4 is 5.19 Å². The number of hydrogen-bond acceptors (Lipinski definition) is 2. The number of ether oxygens (including phenoxy) is 1. The van der Waals surface area contributed by atoms with E-state index in [1.807, 2.05) is 19.1 Å². The van der Waals surface area contributed by atoms with Gasteiger partial charge in [0.15, 0.2) is 0 Å². The largest absolute Gasteiger partial charge is 0.462 e. The molecule has 130 valence electrons. The number of hydrogen-bond donors (Lipinski definition) is 0. The summed E-state index contributed by atoms with van der Waals surface area (Å²) in [6.07, 6.45) is 3.94. The van der Waals surface area contributed by atoms with Crippen LogP contribution in [0.3, 0.4) is 0 Å². The molecule has 3 saturated carbocycles. The van der Waals surface area contributed by atoms with E-state index >= 15 is 0 Å². The van der Waals surface area contributed by atoms with E-state index in [0.29, 0.717) is 22.6 Å². The zero-order chi connectivity index (χ0) is 17.7. The lowest BCUT2D eigenvalue weighted by Gasteiger charge is -2.76. The maximum absolute atomic E-state index is 11.8. The fourth-order valence-corrected chi connectivity index (χ4v) is 9.07. The second-order valence-corrected chi connectivity index (χ2v) is 13.3. The highest BCUT2D eigenvalue weighted by Crippen LogP contribution is 2.81. The summed E-state index contributed by atoms with van der Waals surface area (Å²) in [4.78, 5) is 11.8. The Hall–Kier alpha value is -1.87. The Morgan fingerprint density at radius 2 is 1.60 bits per heavy atom. The minimum atomic E-state index is -1.45. The van der Waals surface area contributed by atoms with Crippen LogP contribution >= 0.6 is 0 Å². The van der Waals surface area contributed by atoms with E-state index in [0.717, 1.165) is 0 Å². The third kappa shape index (κ3) is 2.32. The number of benzene rings is 2. The van der Waals surface area contributed by atoms with Gasteiger partial charge in [-0.25, -0.2) is 4.79 Å². The molecule has 0 spiro atoms. The lowest BCUT2D eigenvalue weighted by molar-refractivity contribution is -0.0159. The van der Waals surface area contributed by atoms with Crippen LogP contribution in [0, 0.1) is 0 Å². The van der Waals surface area contributed by atoms with Crippen molar-refractivity contribution in [2.24, 2.45) is 0 Å². The Labute approximate surface area is 151 Å². The predicted octanol–water partition coefficient (Wildman–Crippen LogP) is 4.65. The molecule has 0 N–H and O–H groups in total. The van der Waals surface area contributed by atoms with Crippen LogP contribution in [0.5, 0.6) is 0 Å². The van der Waals surface area contributed by atoms with E-state index in [9.17, 15) is 4.79 Å². The van der Waals surface area contributed by atoms with Crippen LogP contribution in [0.4, 0.5) is 0 Å². The molecule has 2 bridgehead atoms. The lowest BCUT2D eigenvalue weighted by atomic mass is 9.41.